The van der Waals surface area contributed by atoms with Crippen molar-refractivity contribution in [1.29, 1.82) is 0 Å². The van der Waals surface area contributed by atoms with E-state index in [2.05, 4.69) is 50.8 Å². The normalized spacial score (nSPS) is 9.87. The van der Waals surface area contributed by atoms with Crippen LogP contribution in [0.1, 0.15) is 0 Å². The molecule has 0 atom stereocenters. The summed E-state index contributed by atoms with van der Waals surface area (Å²) in [6.07, 6.45) is 0. The first-order valence-electron chi connectivity index (χ1n) is 4.27. The third-order valence-electron chi connectivity index (χ3n) is 1.43. The van der Waals surface area contributed by atoms with Crippen LogP contribution in [-0.2, 0) is 23.6 Å². The van der Waals surface area contributed by atoms with Gasteiger partial charge in [0.25, 0.3) is 0 Å². The molecule has 0 amide bonds. The minimum Gasteiger partial charge on any atom is -0.449 e. The Morgan fingerprint density at radius 2 is 1.20 bits per heavy atom. The number of hydrogen-bond acceptors (Lipinski definition) is 1. The molecule has 0 saturated heterocycles. The Balaban J connectivity index is -0.000000720. The van der Waals surface area contributed by atoms with Gasteiger partial charge >= 0.3 is 19.5 Å². The summed E-state index contributed by atoms with van der Waals surface area (Å²) in [5.74, 6) is 0. The molecular weight excluding hydrogens is 305 g/mol. The van der Waals surface area contributed by atoms with Crippen molar-refractivity contribution in [3.8, 4) is 0 Å². The Kier molecular flexibility index (Phi) is 11.2. The molecule has 0 saturated carbocycles. The first-order chi connectivity index (χ1) is 5.83. The summed E-state index contributed by atoms with van der Waals surface area (Å²) in [6.45, 7) is 15.7. The van der Waals surface area contributed by atoms with Gasteiger partial charge in [-0.1, -0.05) is 13.2 Å². The second kappa shape index (κ2) is 8.24. The maximum absolute atomic E-state index is 6.07. The van der Waals surface area contributed by atoms with E-state index in [1.807, 2.05) is 11.4 Å². The monoisotopic (exact) mass is 327 g/mol. The Bertz CT molecular complexity index is 244. The summed E-state index contributed by atoms with van der Waals surface area (Å²) in [5.41, 5.74) is 9.56. The van der Waals surface area contributed by atoms with Crippen LogP contribution in [-0.4, -0.2) is 16.6 Å². The van der Waals surface area contributed by atoms with E-state index in [-0.39, 0.29) is 26.9 Å². The van der Waals surface area contributed by atoms with Gasteiger partial charge in [0.15, 0.2) is 0 Å². The Hall–Kier alpha value is 0.0571. The molecule has 0 N–H and O–H groups in total. The summed E-state index contributed by atoms with van der Waals surface area (Å²) >= 11 is 0. The van der Waals surface area contributed by atoms with Gasteiger partial charge in [0.2, 0.25) is 16.6 Å². The van der Waals surface area contributed by atoms with Crippen LogP contribution in [0.15, 0.2) is 36.0 Å². The molecule has 0 aromatic carbocycles. The van der Waals surface area contributed by atoms with E-state index in [4.69, 9.17) is 4.12 Å². The molecule has 87 valence electrons. The average molecular weight is 327 g/mol. The molecule has 0 bridgehead atoms. The standard InChI is InChI=1S/C10H18OSi2.CH3.Ru/c1-7-9-12(3,4)11-13(5,6)10-8-2;;/h9-10H,1-2H2,3-6H3;1H3;/q;-1;+1. The fraction of sp³-hybridized carbons (Fsp3) is 0.364. The molecule has 0 aliphatic rings. The van der Waals surface area contributed by atoms with Gasteiger partial charge in [-0.2, -0.15) is 0 Å². The van der Waals surface area contributed by atoms with E-state index in [1.165, 1.54) is 0 Å². The third-order valence-corrected chi connectivity index (χ3v) is 7.43. The fourth-order valence-electron chi connectivity index (χ4n) is 1.23. The zero-order valence-electron chi connectivity index (χ0n) is 10.3. The molecule has 0 unspecified atom stereocenters. The Morgan fingerprint density at radius 1 is 0.933 bits per heavy atom. The van der Waals surface area contributed by atoms with Crippen molar-refractivity contribution in [3.05, 3.63) is 43.4 Å². The van der Waals surface area contributed by atoms with Gasteiger partial charge in [-0.15, -0.1) is 11.5 Å². The Labute approximate surface area is 110 Å². The maximum Gasteiger partial charge on any atom is 1.00 e. The van der Waals surface area contributed by atoms with Crippen molar-refractivity contribution in [2.45, 2.75) is 26.2 Å². The second-order valence-corrected chi connectivity index (χ2v) is 11.8. The second-order valence-electron chi connectivity index (χ2n) is 4.01. The predicted octanol–water partition coefficient (Wildman–Crippen LogP) is 3.62. The average Bonchev–Trinajstić information content (AvgIpc) is 1.82. The molecule has 0 aliphatic carbocycles. The van der Waals surface area contributed by atoms with Crippen molar-refractivity contribution in [2.75, 3.05) is 0 Å². The van der Waals surface area contributed by atoms with Gasteiger partial charge in [0.05, 0.1) is 0 Å². The van der Waals surface area contributed by atoms with Gasteiger partial charge in [-0.25, -0.2) is 0 Å². The molecule has 1 nitrogen and oxygen atoms in total. The van der Waals surface area contributed by atoms with Gasteiger partial charge in [0.1, 0.15) is 0 Å². The Morgan fingerprint density at radius 3 is 1.40 bits per heavy atom. The van der Waals surface area contributed by atoms with Crippen LogP contribution in [0.4, 0.5) is 0 Å². The van der Waals surface area contributed by atoms with Gasteiger partial charge in [0, 0.05) is 0 Å². The van der Waals surface area contributed by atoms with Crippen LogP contribution in [0.2, 0.25) is 26.2 Å². The van der Waals surface area contributed by atoms with Crippen LogP contribution in [0, 0.1) is 7.43 Å². The molecule has 0 heterocycles. The van der Waals surface area contributed by atoms with Crippen molar-refractivity contribution in [1.82, 2.24) is 0 Å². The maximum atomic E-state index is 6.07. The van der Waals surface area contributed by atoms with E-state index in [1.54, 1.807) is 0 Å². The minimum absolute atomic E-state index is 0. The first kappa shape index (κ1) is 20.5. The molecule has 0 fully saturated rings. The number of hydrogen-bond donors (Lipinski definition) is 0. The molecule has 0 spiro atoms. The summed E-state index contributed by atoms with van der Waals surface area (Å²) < 4.78 is 6.07. The van der Waals surface area contributed by atoms with Crippen LogP contribution in [0.25, 0.3) is 0 Å². The zero-order valence-corrected chi connectivity index (χ0v) is 14.1. The van der Waals surface area contributed by atoms with E-state index >= 15 is 0 Å². The summed E-state index contributed by atoms with van der Waals surface area (Å²) in [6, 6.07) is 0. The van der Waals surface area contributed by atoms with Gasteiger partial charge in [-0.3, -0.25) is 0 Å². The van der Waals surface area contributed by atoms with E-state index in [9.17, 15) is 0 Å². The smallest absolute Gasteiger partial charge is 0.449 e. The largest absolute Gasteiger partial charge is 1.00 e. The van der Waals surface area contributed by atoms with Crippen LogP contribution >= 0.6 is 0 Å². The van der Waals surface area contributed by atoms with E-state index < -0.39 is 16.6 Å². The molecule has 15 heavy (non-hydrogen) atoms. The molecule has 0 aromatic rings. The van der Waals surface area contributed by atoms with Crippen molar-refractivity contribution in [2.24, 2.45) is 0 Å². The number of rotatable bonds is 4. The first-order valence-corrected chi connectivity index (χ1v) is 10.2. The van der Waals surface area contributed by atoms with Crippen molar-refractivity contribution >= 4 is 16.6 Å². The van der Waals surface area contributed by atoms with Crippen molar-refractivity contribution in [3.63, 3.8) is 0 Å². The van der Waals surface area contributed by atoms with Gasteiger partial charge < -0.3 is 11.5 Å². The van der Waals surface area contributed by atoms with E-state index in [0.717, 1.165) is 0 Å². The van der Waals surface area contributed by atoms with E-state index in [0.29, 0.717) is 0 Å². The SMILES string of the molecule is C=C=C[Si](C)(C)O[Si](C)(C)C=C=C.[CH3-].[Ru+]. The molecule has 0 aliphatic heterocycles. The fourth-order valence-corrected chi connectivity index (χ4v) is 8.11. The molecule has 0 aromatic heterocycles. The zero-order chi connectivity index (χ0) is 10.5. The third kappa shape index (κ3) is 10.3. The summed E-state index contributed by atoms with van der Waals surface area (Å²) in [4.78, 5) is 0. The topological polar surface area (TPSA) is 9.23 Å². The summed E-state index contributed by atoms with van der Waals surface area (Å²) in [5, 5.41) is 0. The molecule has 1 radical (unpaired) electrons. The quantitative estimate of drug-likeness (QED) is 0.435. The van der Waals surface area contributed by atoms with Crippen LogP contribution < -0.4 is 0 Å². The van der Waals surface area contributed by atoms with Crippen LogP contribution in [0.5, 0.6) is 0 Å². The minimum atomic E-state index is -1.71. The van der Waals surface area contributed by atoms with Crippen LogP contribution in [0.3, 0.4) is 0 Å². The predicted molar refractivity (Wildman–Crippen MR) is 69.9 cm³/mol. The van der Waals surface area contributed by atoms with Gasteiger partial charge in [-0.05, 0) is 37.6 Å². The summed E-state index contributed by atoms with van der Waals surface area (Å²) in [7, 11) is -3.42. The molecule has 0 rings (SSSR count). The molecule has 4 heteroatoms. The van der Waals surface area contributed by atoms with Crippen molar-refractivity contribution < 1.29 is 23.6 Å². The molecular formula is C11H21ORuSi2.